The molecule has 0 radical (unpaired) electrons. The summed E-state index contributed by atoms with van der Waals surface area (Å²) >= 11 is 7.01. The maximum absolute atomic E-state index is 13.3. The Morgan fingerprint density at radius 1 is 1.09 bits per heavy atom. The second-order valence-corrected chi connectivity index (χ2v) is 9.40. The zero-order chi connectivity index (χ0) is 24.6. The molecule has 1 N–H and O–H groups in total. The lowest BCUT2D eigenvalue weighted by atomic mass is 10.0. The van der Waals surface area contributed by atoms with E-state index >= 15 is 0 Å². The number of nitrogens with zero attached hydrogens (tertiary/aromatic N) is 1. The summed E-state index contributed by atoms with van der Waals surface area (Å²) in [6, 6.07) is 10.3. The van der Waals surface area contributed by atoms with Crippen LogP contribution in [0.5, 0.6) is 5.75 Å². The molecule has 0 atom stereocenters. The van der Waals surface area contributed by atoms with Gasteiger partial charge in [-0.3, -0.25) is 10.1 Å². The van der Waals surface area contributed by atoms with Crippen LogP contribution in [-0.4, -0.2) is 17.5 Å². The molecule has 1 aromatic heterocycles. The van der Waals surface area contributed by atoms with Gasteiger partial charge in [0.15, 0.2) is 5.13 Å². The number of hydrogen-bond donors (Lipinski definition) is 1. The fourth-order valence-corrected chi connectivity index (χ4v) is 4.41. The van der Waals surface area contributed by atoms with Crippen LogP contribution in [0.4, 0.5) is 18.3 Å². The maximum Gasteiger partial charge on any atom is 0.416 e. The van der Waals surface area contributed by atoms with E-state index < -0.39 is 11.7 Å². The Balaban J connectivity index is 1.55. The summed E-state index contributed by atoms with van der Waals surface area (Å²) in [7, 11) is 0. The second-order valence-electron chi connectivity index (χ2n) is 7.85. The van der Waals surface area contributed by atoms with Gasteiger partial charge in [0, 0.05) is 28.1 Å². The first-order valence-electron chi connectivity index (χ1n) is 11.1. The Bertz CT molecular complexity index is 1080. The largest absolute Gasteiger partial charge is 0.494 e. The van der Waals surface area contributed by atoms with Crippen molar-refractivity contribution in [3.05, 3.63) is 75.3 Å². The molecule has 0 fully saturated rings. The van der Waals surface area contributed by atoms with E-state index in [4.69, 9.17) is 16.3 Å². The molecular weight excluding hydrogens is 485 g/mol. The minimum absolute atomic E-state index is 0.00736. The van der Waals surface area contributed by atoms with E-state index in [2.05, 4.69) is 17.2 Å². The van der Waals surface area contributed by atoms with E-state index in [0.29, 0.717) is 27.9 Å². The smallest absolute Gasteiger partial charge is 0.416 e. The summed E-state index contributed by atoms with van der Waals surface area (Å²) in [5.74, 6) is 0.344. The highest BCUT2D eigenvalue weighted by molar-refractivity contribution is 7.15. The van der Waals surface area contributed by atoms with Gasteiger partial charge in [-0.1, -0.05) is 44.2 Å². The van der Waals surface area contributed by atoms with Crippen LogP contribution in [0.15, 0.2) is 48.7 Å². The van der Waals surface area contributed by atoms with Crippen LogP contribution >= 0.6 is 22.9 Å². The fourth-order valence-electron chi connectivity index (χ4n) is 3.39. The third kappa shape index (κ3) is 7.74. The molecule has 0 saturated carbocycles. The maximum atomic E-state index is 13.3. The van der Waals surface area contributed by atoms with E-state index in [1.807, 2.05) is 0 Å². The van der Waals surface area contributed by atoms with Crippen LogP contribution in [0.25, 0.3) is 0 Å². The minimum atomic E-state index is -4.48. The van der Waals surface area contributed by atoms with Gasteiger partial charge in [0.25, 0.3) is 5.91 Å². The summed E-state index contributed by atoms with van der Waals surface area (Å²) in [6.07, 6.45) is 2.76. The van der Waals surface area contributed by atoms with Gasteiger partial charge < -0.3 is 4.74 Å². The summed E-state index contributed by atoms with van der Waals surface area (Å²) in [5.41, 5.74) is -0.247. The highest BCUT2D eigenvalue weighted by Gasteiger charge is 2.33. The molecule has 3 aromatic rings. The number of hydrogen-bond acceptors (Lipinski definition) is 4. The van der Waals surface area contributed by atoms with Crippen molar-refractivity contribution in [3.63, 3.8) is 0 Å². The first-order valence-corrected chi connectivity index (χ1v) is 12.3. The topological polar surface area (TPSA) is 51.2 Å². The lowest BCUT2D eigenvalue weighted by Crippen LogP contribution is -2.11. The Labute approximate surface area is 206 Å². The van der Waals surface area contributed by atoms with Gasteiger partial charge >= 0.3 is 6.18 Å². The molecule has 0 aliphatic heterocycles. The molecule has 9 heteroatoms. The summed E-state index contributed by atoms with van der Waals surface area (Å²) in [4.78, 5) is 17.2. The van der Waals surface area contributed by atoms with Crippen LogP contribution in [0.3, 0.4) is 0 Å². The SMILES string of the molecule is CCCCCCCOc1ccc(C(=O)Nc2ncc(Cc3cc(Cl)ccc3C(F)(F)F)s2)cc1. The predicted molar refractivity (Wildman–Crippen MR) is 130 cm³/mol. The molecule has 0 spiro atoms. The number of halogens is 4. The van der Waals surface area contributed by atoms with Crippen LogP contribution in [-0.2, 0) is 12.6 Å². The molecule has 4 nitrogen and oxygen atoms in total. The molecule has 182 valence electrons. The molecule has 2 aromatic carbocycles. The van der Waals surface area contributed by atoms with Crippen LogP contribution in [0.2, 0.25) is 5.02 Å². The third-order valence-electron chi connectivity index (χ3n) is 5.14. The number of amides is 1. The highest BCUT2D eigenvalue weighted by atomic mass is 35.5. The number of alkyl halides is 3. The number of benzene rings is 2. The predicted octanol–water partition coefficient (Wildman–Crippen LogP) is 8.01. The first-order chi connectivity index (χ1) is 16.3. The van der Waals surface area contributed by atoms with Gasteiger partial charge in [-0.2, -0.15) is 13.2 Å². The number of carbonyl (C=O) groups excluding carboxylic acids is 1. The molecule has 3 rings (SSSR count). The Morgan fingerprint density at radius 2 is 1.82 bits per heavy atom. The van der Waals surface area contributed by atoms with E-state index in [-0.39, 0.29) is 22.9 Å². The van der Waals surface area contributed by atoms with Gasteiger partial charge in [-0.25, -0.2) is 4.98 Å². The van der Waals surface area contributed by atoms with E-state index in [1.165, 1.54) is 37.6 Å². The molecule has 0 bridgehead atoms. The molecule has 34 heavy (non-hydrogen) atoms. The van der Waals surface area contributed by atoms with Gasteiger partial charge in [0.05, 0.1) is 12.2 Å². The number of thiazole rings is 1. The van der Waals surface area contributed by atoms with Crippen molar-refractivity contribution >= 4 is 34.0 Å². The lowest BCUT2D eigenvalue weighted by Gasteiger charge is -2.12. The number of anilines is 1. The molecule has 0 unspecified atom stereocenters. The van der Waals surface area contributed by atoms with Crippen molar-refractivity contribution in [3.8, 4) is 5.75 Å². The summed E-state index contributed by atoms with van der Waals surface area (Å²) < 4.78 is 45.6. The van der Waals surface area contributed by atoms with Gasteiger partial charge in [0.2, 0.25) is 0 Å². The van der Waals surface area contributed by atoms with Crippen molar-refractivity contribution in [2.75, 3.05) is 11.9 Å². The Morgan fingerprint density at radius 3 is 2.53 bits per heavy atom. The van der Waals surface area contributed by atoms with Gasteiger partial charge in [-0.15, -0.1) is 11.3 Å². The third-order valence-corrected chi connectivity index (χ3v) is 6.29. The zero-order valence-electron chi connectivity index (χ0n) is 18.8. The van der Waals surface area contributed by atoms with Crippen molar-refractivity contribution in [2.45, 2.75) is 51.6 Å². The quantitative estimate of drug-likeness (QED) is 0.266. The normalized spacial score (nSPS) is 11.4. The molecule has 1 amide bonds. The monoisotopic (exact) mass is 510 g/mol. The highest BCUT2D eigenvalue weighted by Crippen LogP contribution is 2.35. The zero-order valence-corrected chi connectivity index (χ0v) is 20.3. The fraction of sp³-hybridized carbons (Fsp3) is 0.360. The van der Waals surface area contributed by atoms with E-state index in [0.717, 1.165) is 30.2 Å². The Kier molecular flexibility index (Phi) is 9.36. The number of unbranched alkanes of at least 4 members (excludes halogenated alkanes) is 4. The van der Waals surface area contributed by atoms with Crippen molar-refractivity contribution in [1.29, 1.82) is 0 Å². The number of nitrogens with one attached hydrogen (secondary N) is 1. The number of carbonyl (C=O) groups is 1. The van der Waals surface area contributed by atoms with Gasteiger partial charge in [-0.05, 0) is 54.4 Å². The first kappa shape index (κ1) is 26.0. The van der Waals surface area contributed by atoms with E-state index in [9.17, 15) is 18.0 Å². The van der Waals surface area contributed by atoms with Crippen molar-refractivity contribution in [1.82, 2.24) is 4.98 Å². The van der Waals surface area contributed by atoms with Crippen LogP contribution in [0.1, 0.15) is 65.4 Å². The van der Waals surface area contributed by atoms with Crippen molar-refractivity contribution in [2.24, 2.45) is 0 Å². The van der Waals surface area contributed by atoms with Crippen LogP contribution in [0, 0.1) is 0 Å². The lowest BCUT2D eigenvalue weighted by molar-refractivity contribution is -0.138. The van der Waals surface area contributed by atoms with Gasteiger partial charge in [0.1, 0.15) is 5.75 Å². The standard InChI is InChI=1S/C25H26ClF3N2O2S/c1-2-3-4-5-6-13-33-20-10-7-17(8-11-20)23(32)31-24-30-16-21(34-24)15-18-14-19(26)9-12-22(18)25(27,28)29/h7-12,14,16H,2-6,13,15H2,1H3,(H,30,31,32). The summed E-state index contributed by atoms with van der Waals surface area (Å²) in [5, 5.41) is 3.23. The summed E-state index contributed by atoms with van der Waals surface area (Å²) in [6.45, 7) is 2.82. The Hall–Kier alpha value is -2.58. The number of ether oxygens (including phenoxy) is 1. The molecule has 0 saturated heterocycles. The van der Waals surface area contributed by atoms with Crippen LogP contribution < -0.4 is 10.1 Å². The molecular formula is C25H26ClF3N2O2S. The second kappa shape index (κ2) is 12.2. The van der Waals surface area contributed by atoms with E-state index in [1.54, 1.807) is 24.3 Å². The average Bonchev–Trinajstić information content (AvgIpc) is 3.22. The molecule has 0 aliphatic rings. The molecule has 0 aliphatic carbocycles. The number of aromatic nitrogens is 1. The number of rotatable bonds is 11. The average molecular weight is 511 g/mol. The van der Waals surface area contributed by atoms with Crippen molar-refractivity contribution < 1.29 is 22.7 Å². The molecule has 1 heterocycles. The minimum Gasteiger partial charge on any atom is -0.494 e.